The van der Waals surface area contributed by atoms with Crippen LogP contribution in [-0.2, 0) is 9.84 Å². The largest absolute Gasteiger partial charge is 0.329 e. The normalized spacial score (nSPS) is 12.8. The molecule has 0 amide bonds. The van der Waals surface area contributed by atoms with Crippen LogP contribution in [0.15, 0.2) is 17.0 Å². The fourth-order valence-corrected chi connectivity index (χ4v) is 3.25. The van der Waals surface area contributed by atoms with E-state index in [-0.39, 0.29) is 6.54 Å². The SMILES string of the molecule is Cc1ccc(S(=O)(=O)C(C)(C)CN)c(C)c1C. The molecule has 1 aromatic rings. The van der Waals surface area contributed by atoms with Crippen molar-refractivity contribution in [2.75, 3.05) is 6.54 Å². The average Bonchev–Trinajstić information content (AvgIpc) is 2.25. The van der Waals surface area contributed by atoms with E-state index in [1.54, 1.807) is 19.9 Å². The van der Waals surface area contributed by atoms with E-state index in [9.17, 15) is 8.42 Å². The van der Waals surface area contributed by atoms with Gasteiger partial charge in [0.05, 0.1) is 9.64 Å². The summed E-state index contributed by atoms with van der Waals surface area (Å²) in [5, 5.41) is 0. The molecule has 96 valence electrons. The van der Waals surface area contributed by atoms with E-state index in [1.165, 1.54) is 0 Å². The fraction of sp³-hybridized carbons (Fsp3) is 0.538. The second-order valence-electron chi connectivity index (χ2n) is 5.10. The summed E-state index contributed by atoms with van der Waals surface area (Å²) in [5.41, 5.74) is 8.52. The van der Waals surface area contributed by atoms with Crippen LogP contribution in [0.4, 0.5) is 0 Å². The third-order valence-electron chi connectivity index (χ3n) is 3.52. The highest BCUT2D eigenvalue weighted by molar-refractivity contribution is 7.92. The molecule has 0 heterocycles. The summed E-state index contributed by atoms with van der Waals surface area (Å²) in [7, 11) is -3.38. The van der Waals surface area contributed by atoms with Gasteiger partial charge >= 0.3 is 0 Å². The van der Waals surface area contributed by atoms with Gasteiger partial charge in [-0.3, -0.25) is 0 Å². The Morgan fingerprint density at radius 1 is 1.12 bits per heavy atom. The molecule has 0 fully saturated rings. The zero-order valence-electron chi connectivity index (χ0n) is 11.2. The molecule has 0 unspecified atom stereocenters. The van der Waals surface area contributed by atoms with Gasteiger partial charge in [-0.2, -0.15) is 0 Å². The van der Waals surface area contributed by atoms with E-state index < -0.39 is 14.6 Å². The minimum absolute atomic E-state index is 0.113. The van der Waals surface area contributed by atoms with Gasteiger partial charge in [0.1, 0.15) is 0 Å². The van der Waals surface area contributed by atoms with Gasteiger partial charge in [0, 0.05) is 6.54 Å². The Morgan fingerprint density at radius 3 is 2.12 bits per heavy atom. The predicted molar refractivity (Wildman–Crippen MR) is 71.0 cm³/mol. The molecule has 0 radical (unpaired) electrons. The van der Waals surface area contributed by atoms with Crippen molar-refractivity contribution in [3.63, 3.8) is 0 Å². The summed E-state index contributed by atoms with van der Waals surface area (Å²) in [5.74, 6) is 0. The topological polar surface area (TPSA) is 60.2 Å². The molecule has 3 nitrogen and oxygen atoms in total. The van der Waals surface area contributed by atoms with Crippen LogP contribution in [-0.4, -0.2) is 19.7 Å². The van der Waals surface area contributed by atoms with Gasteiger partial charge in [-0.25, -0.2) is 8.42 Å². The summed E-state index contributed by atoms with van der Waals surface area (Å²) in [4.78, 5) is 0.399. The Labute approximate surface area is 104 Å². The van der Waals surface area contributed by atoms with Crippen molar-refractivity contribution in [1.29, 1.82) is 0 Å². The Balaban J connectivity index is 3.52. The summed E-state index contributed by atoms with van der Waals surface area (Å²) < 4.78 is 24.0. The van der Waals surface area contributed by atoms with Gasteiger partial charge in [0.25, 0.3) is 0 Å². The van der Waals surface area contributed by atoms with Gasteiger partial charge in [0.15, 0.2) is 9.84 Å². The lowest BCUT2D eigenvalue weighted by atomic mass is 10.1. The predicted octanol–water partition coefficient (Wildman–Crippen LogP) is 2.12. The van der Waals surface area contributed by atoms with Crippen molar-refractivity contribution < 1.29 is 8.42 Å². The highest BCUT2D eigenvalue weighted by Crippen LogP contribution is 2.29. The Bertz CT molecular complexity index is 531. The molecule has 4 heteroatoms. The van der Waals surface area contributed by atoms with Crippen LogP contribution >= 0.6 is 0 Å². The average molecular weight is 255 g/mol. The molecule has 0 aliphatic heterocycles. The standard InChI is InChI=1S/C13H21NO2S/c1-9-6-7-12(11(3)10(9)2)17(15,16)13(4,5)8-14/h6-7H,8,14H2,1-5H3. The smallest absolute Gasteiger partial charge is 0.185 e. The van der Waals surface area contributed by atoms with E-state index in [0.717, 1.165) is 16.7 Å². The van der Waals surface area contributed by atoms with Gasteiger partial charge in [0.2, 0.25) is 0 Å². The Kier molecular flexibility index (Phi) is 3.69. The van der Waals surface area contributed by atoms with Crippen LogP contribution in [0.25, 0.3) is 0 Å². The molecule has 0 atom stereocenters. The zero-order chi connectivity index (χ0) is 13.4. The lowest BCUT2D eigenvalue weighted by Gasteiger charge is -2.24. The number of rotatable bonds is 3. The maximum atomic E-state index is 12.5. The quantitative estimate of drug-likeness (QED) is 0.900. The van der Waals surface area contributed by atoms with Crippen LogP contribution in [0.5, 0.6) is 0 Å². The molecular formula is C13H21NO2S. The second-order valence-corrected chi connectivity index (χ2v) is 7.65. The maximum Gasteiger partial charge on any atom is 0.185 e. The number of benzene rings is 1. The van der Waals surface area contributed by atoms with Crippen molar-refractivity contribution in [3.8, 4) is 0 Å². The number of hydrogen-bond donors (Lipinski definition) is 1. The Hall–Kier alpha value is -0.870. The summed E-state index contributed by atoms with van der Waals surface area (Å²) in [6, 6.07) is 3.53. The fourth-order valence-electron chi connectivity index (χ4n) is 1.63. The van der Waals surface area contributed by atoms with Crippen molar-refractivity contribution in [2.24, 2.45) is 5.73 Å². The summed E-state index contributed by atoms with van der Waals surface area (Å²) in [6.07, 6.45) is 0. The molecule has 0 saturated carbocycles. The Morgan fingerprint density at radius 2 is 1.65 bits per heavy atom. The van der Waals surface area contributed by atoms with Crippen LogP contribution in [0.2, 0.25) is 0 Å². The van der Waals surface area contributed by atoms with Crippen molar-refractivity contribution >= 4 is 9.84 Å². The number of aryl methyl sites for hydroxylation is 1. The molecule has 1 rings (SSSR count). The van der Waals surface area contributed by atoms with Gasteiger partial charge in [-0.05, 0) is 57.4 Å². The molecule has 0 aliphatic rings. The monoisotopic (exact) mass is 255 g/mol. The molecule has 0 aromatic heterocycles. The summed E-state index contributed by atoms with van der Waals surface area (Å²) in [6.45, 7) is 9.21. The van der Waals surface area contributed by atoms with Crippen LogP contribution in [0.3, 0.4) is 0 Å². The molecule has 0 bridgehead atoms. The van der Waals surface area contributed by atoms with Crippen molar-refractivity contribution in [3.05, 3.63) is 28.8 Å². The lowest BCUT2D eigenvalue weighted by Crippen LogP contribution is -2.40. The molecule has 0 saturated heterocycles. The lowest BCUT2D eigenvalue weighted by molar-refractivity contribution is 0.548. The van der Waals surface area contributed by atoms with Gasteiger partial charge in [-0.1, -0.05) is 6.07 Å². The van der Waals surface area contributed by atoms with Gasteiger partial charge in [-0.15, -0.1) is 0 Å². The van der Waals surface area contributed by atoms with E-state index in [0.29, 0.717) is 4.90 Å². The number of nitrogens with two attached hydrogens (primary N) is 1. The summed E-state index contributed by atoms with van der Waals surface area (Å²) >= 11 is 0. The molecule has 0 aliphatic carbocycles. The first kappa shape index (κ1) is 14.2. The molecule has 17 heavy (non-hydrogen) atoms. The minimum atomic E-state index is -3.38. The highest BCUT2D eigenvalue weighted by atomic mass is 32.2. The first-order valence-corrected chi connectivity index (χ1v) is 7.15. The van der Waals surface area contributed by atoms with Crippen molar-refractivity contribution in [2.45, 2.75) is 44.3 Å². The van der Waals surface area contributed by atoms with E-state index in [1.807, 2.05) is 26.8 Å². The maximum absolute atomic E-state index is 12.5. The highest BCUT2D eigenvalue weighted by Gasteiger charge is 2.35. The number of hydrogen-bond acceptors (Lipinski definition) is 3. The van der Waals surface area contributed by atoms with Crippen molar-refractivity contribution in [1.82, 2.24) is 0 Å². The van der Waals surface area contributed by atoms with E-state index in [4.69, 9.17) is 5.73 Å². The van der Waals surface area contributed by atoms with Crippen LogP contribution in [0.1, 0.15) is 30.5 Å². The third-order valence-corrected chi connectivity index (χ3v) is 6.16. The molecule has 2 N–H and O–H groups in total. The van der Waals surface area contributed by atoms with Gasteiger partial charge < -0.3 is 5.73 Å². The number of sulfone groups is 1. The molecular weight excluding hydrogens is 234 g/mol. The van der Waals surface area contributed by atoms with E-state index >= 15 is 0 Å². The minimum Gasteiger partial charge on any atom is -0.329 e. The van der Waals surface area contributed by atoms with E-state index in [2.05, 4.69) is 0 Å². The second kappa shape index (κ2) is 4.42. The first-order valence-electron chi connectivity index (χ1n) is 5.66. The molecule has 0 spiro atoms. The third kappa shape index (κ3) is 2.24. The van der Waals surface area contributed by atoms with Crippen LogP contribution in [0, 0.1) is 20.8 Å². The zero-order valence-corrected chi connectivity index (χ0v) is 12.0. The van der Waals surface area contributed by atoms with Crippen LogP contribution < -0.4 is 5.73 Å². The first-order chi connectivity index (χ1) is 7.65. The molecule has 1 aromatic carbocycles.